The molecular formula is C25H23F2NO2. The van der Waals surface area contributed by atoms with Gasteiger partial charge in [-0.05, 0) is 53.8 Å². The largest absolute Gasteiger partial charge is 0.507 e. The Kier molecular flexibility index (Phi) is 6.52. The van der Waals surface area contributed by atoms with E-state index < -0.39 is 11.6 Å². The molecule has 0 atom stereocenters. The number of halogens is 2. The number of benzene rings is 3. The van der Waals surface area contributed by atoms with E-state index in [1.165, 1.54) is 6.07 Å². The molecule has 0 aromatic heterocycles. The lowest BCUT2D eigenvalue weighted by atomic mass is 9.92. The second-order valence-electron chi connectivity index (χ2n) is 6.89. The predicted molar refractivity (Wildman–Crippen MR) is 117 cm³/mol. The molecule has 0 aliphatic heterocycles. The Morgan fingerprint density at radius 1 is 0.867 bits per heavy atom. The van der Waals surface area contributed by atoms with Crippen molar-refractivity contribution >= 4 is 5.69 Å². The summed E-state index contributed by atoms with van der Waals surface area (Å²) in [7, 11) is 0. The molecule has 3 rings (SSSR count). The van der Waals surface area contributed by atoms with Gasteiger partial charge < -0.3 is 15.5 Å². The molecule has 0 saturated carbocycles. The molecule has 30 heavy (non-hydrogen) atoms. The number of aromatic hydroxyl groups is 2. The van der Waals surface area contributed by atoms with Gasteiger partial charge in [-0.25, -0.2) is 8.78 Å². The molecular weight excluding hydrogens is 384 g/mol. The Balaban J connectivity index is 2.12. The summed E-state index contributed by atoms with van der Waals surface area (Å²) < 4.78 is 26.8. The Bertz CT molecular complexity index is 1090. The van der Waals surface area contributed by atoms with Crippen molar-refractivity contribution in [3.8, 4) is 22.6 Å². The molecule has 154 valence electrons. The highest BCUT2D eigenvalue weighted by Gasteiger charge is 2.19. The molecule has 0 amide bonds. The van der Waals surface area contributed by atoms with Gasteiger partial charge in [-0.2, -0.15) is 0 Å². The quantitative estimate of drug-likeness (QED) is 0.312. The number of anilines is 1. The monoisotopic (exact) mass is 407 g/mol. The molecule has 5 heteroatoms. The lowest BCUT2D eigenvalue weighted by Gasteiger charge is -2.20. The third kappa shape index (κ3) is 4.35. The normalized spacial score (nSPS) is 10.6. The number of hydrogen-bond acceptors (Lipinski definition) is 3. The highest BCUT2D eigenvalue weighted by Crippen LogP contribution is 2.43. The molecule has 0 heterocycles. The van der Waals surface area contributed by atoms with E-state index in [0.717, 1.165) is 23.3 Å². The fraction of sp³-hybridized carbons (Fsp3) is 0.120. The van der Waals surface area contributed by atoms with Gasteiger partial charge in [0.1, 0.15) is 11.5 Å². The zero-order chi connectivity index (χ0) is 21.7. The van der Waals surface area contributed by atoms with E-state index in [-0.39, 0.29) is 18.0 Å². The highest BCUT2D eigenvalue weighted by atomic mass is 19.2. The number of para-hydroxylation sites is 1. The van der Waals surface area contributed by atoms with Crippen LogP contribution in [0.4, 0.5) is 14.5 Å². The molecule has 0 saturated heterocycles. The van der Waals surface area contributed by atoms with Crippen molar-refractivity contribution in [3.63, 3.8) is 0 Å². The minimum absolute atomic E-state index is 0.0382. The van der Waals surface area contributed by atoms with E-state index in [1.54, 1.807) is 36.4 Å². The van der Waals surface area contributed by atoms with Gasteiger partial charge in [0.05, 0.1) is 5.69 Å². The van der Waals surface area contributed by atoms with Crippen LogP contribution in [0.25, 0.3) is 11.1 Å². The number of nitrogens with one attached hydrogen (secondary N) is 1. The Hall–Kier alpha value is -3.60. The van der Waals surface area contributed by atoms with Crippen molar-refractivity contribution in [2.45, 2.75) is 19.4 Å². The molecule has 0 aliphatic carbocycles. The fourth-order valence-electron chi connectivity index (χ4n) is 3.42. The van der Waals surface area contributed by atoms with E-state index in [0.29, 0.717) is 35.2 Å². The van der Waals surface area contributed by atoms with Crippen molar-refractivity contribution in [2.24, 2.45) is 0 Å². The molecule has 0 fully saturated rings. The first-order chi connectivity index (χ1) is 14.5. The SMILES string of the molecule is C=CCc1cc(-c2ccccc2O)c(O)c(NCc2ccc(F)c(F)c2)c1CC=C. The van der Waals surface area contributed by atoms with Crippen molar-refractivity contribution < 1.29 is 19.0 Å². The second kappa shape index (κ2) is 9.27. The Morgan fingerprint density at radius 2 is 1.60 bits per heavy atom. The number of allylic oxidation sites excluding steroid dienone is 2. The summed E-state index contributed by atoms with van der Waals surface area (Å²) in [6, 6.07) is 12.2. The zero-order valence-corrected chi connectivity index (χ0v) is 16.5. The van der Waals surface area contributed by atoms with Crippen LogP contribution in [0.5, 0.6) is 11.5 Å². The van der Waals surface area contributed by atoms with Crippen molar-refractivity contribution in [3.05, 3.63) is 102 Å². The first-order valence-corrected chi connectivity index (χ1v) is 9.52. The number of phenols is 2. The van der Waals surface area contributed by atoms with Crippen LogP contribution in [0.3, 0.4) is 0 Å². The van der Waals surface area contributed by atoms with Gasteiger partial charge in [0.2, 0.25) is 0 Å². The van der Waals surface area contributed by atoms with Gasteiger partial charge in [0, 0.05) is 17.7 Å². The lowest BCUT2D eigenvalue weighted by Crippen LogP contribution is -2.07. The van der Waals surface area contributed by atoms with Crippen molar-refractivity contribution in [2.75, 3.05) is 5.32 Å². The maximum absolute atomic E-state index is 13.6. The minimum atomic E-state index is -0.930. The summed E-state index contributed by atoms with van der Waals surface area (Å²) in [6.07, 6.45) is 4.51. The van der Waals surface area contributed by atoms with E-state index >= 15 is 0 Å². The van der Waals surface area contributed by atoms with E-state index in [9.17, 15) is 19.0 Å². The Labute approximate surface area is 174 Å². The van der Waals surface area contributed by atoms with Crippen LogP contribution in [0.15, 0.2) is 73.8 Å². The van der Waals surface area contributed by atoms with Crippen LogP contribution in [-0.2, 0) is 19.4 Å². The molecule has 3 aromatic rings. The third-order valence-electron chi connectivity index (χ3n) is 4.86. The van der Waals surface area contributed by atoms with Crippen LogP contribution in [-0.4, -0.2) is 10.2 Å². The third-order valence-corrected chi connectivity index (χ3v) is 4.86. The number of rotatable bonds is 8. The lowest BCUT2D eigenvalue weighted by molar-refractivity contribution is 0.469. The summed E-state index contributed by atoms with van der Waals surface area (Å²) in [5.41, 5.74) is 3.66. The van der Waals surface area contributed by atoms with E-state index in [1.807, 2.05) is 6.07 Å². The van der Waals surface area contributed by atoms with E-state index in [4.69, 9.17) is 0 Å². The standard InChI is InChI=1S/C25H23F2NO2/c1-3-7-17-14-20(19-9-5-6-10-23(19)29)25(30)24(18(17)8-4-2)28-15-16-11-12-21(26)22(27)13-16/h3-6,9-14,28-30H,1-2,7-8,15H2. The van der Waals surface area contributed by atoms with Crippen LogP contribution in [0, 0.1) is 11.6 Å². The van der Waals surface area contributed by atoms with Gasteiger partial charge in [-0.15, -0.1) is 13.2 Å². The van der Waals surface area contributed by atoms with Gasteiger partial charge in [0.15, 0.2) is 11.6 Å². The minimum Gasteiger partial charge on any atom is -0.507 e. The van der Waals surface area contributed by atoms with Crippen molar-refractivity contribution in [1.82, 2.24) is 0 Å². The van der Waals surface area contributed by atoms with Crippen LogP contribution in [0.1, 0.15) is 16.7 Å². The number of phenolic OH excluding ortho intramolecular Hbond substituents is 2. The molecule has 3 aromatic carbocycles. The zero-order valence-electron chi connectivity index (χ0n) is 16.5. The molecule has 3 N–H and O–H groups in total. The summed E-state index contributed by atoms with van der Waals surface area (Å²) >= 11 is 0. The predicted octanol–water partition coefficient (Wildman–Crippen LogP) is 6.11. The van der Waals surface area contributed by atoms with Crippen LogP contribution >= 0.6 is 0 Å². The van der Waals surface area contributed by atoms with Gasteiger partial charge >= 0.3 is 0 Å². The molecule has 3 nitrogen and oxygen atoms in total. The second-order valence-corrected chi connectivity index (χ2v) is 6.89. The van der Waals surface area contributed by atoms with Gasteiger partial charge in [-0.3, -0.25) is 0 Å². The molecule has 0 radical (unpaired) electrons. The first kappa shape index (κ1) is 21.1. The topological polar surface area (TPSA) is 52.5 Å². The average molecular weight is 407 g/mol. The number of hydrogen-bond donors (Lipinski definition) is 3. The summed E-state index contributed by atoms with van der Waals surface area (Å²) in [4.78, 5) is 0. The molecule has 0 bridgehead atoms. The van der Waals surface area contributed by atoms with E-state index in [2.05, 4.69) is 18.5 Å². The van der Waals surface area contributed by atoms with Crippen molar-refractivity contribution in [1.29, 1.82) is 0 Å². The van der Waals surface area contributed by atoms with Crippen LogP contribution < -0.4 is 5.32 Å². The van der Waals surface area contributed by atoms with Gasteiger partial charge in [-0.1, -0.05) is 36.4 Å². The first-order valence-electron chi connectivity index (χ1n) is 9.52. The summed E-state index contributed by atoms with van der Waals surface area (Å²) in [5.74, 6) is -1.84. The summed E-state index contributed by atoms with van der Waals surface area (Å²) in [5, 5.41) is 24.5. The highest BCUT2D eigenvalue weighted by molar-refractivity contribution is 5.84. The average Bonchev–Trinajstić information content (AvgIpc) is 2.73. The molecule has 0 spiro atoms. The van der Waals surface area contributed by atoms with Gasteiger partial charge in [0.25, 0.3) is 0 Å². The Morgan fingerprint density at radius 3 is 2.27 bits per heavy atom. The smallest absolute Gasteiger partial charge is 0.159 e. The molecule has 0 unspecified atom stereocenters. The fourth-order valence-corrected chi connectivity index (χ4v) is 3.42. The maximum Gasteiger partial charge on any atom is 0.159 e. The molecule has 0 aliphatic rings. The maximum atomic E-state index is 13.6. The van der Waals surface area contributed by atoms with Crippen LogP contribution in [0.2, 0.25) is 0 Å². The summed E-state index contributed by atoms with van der Waals surface area (Å²) in [6.45, 7) is 7.77.